The Labute approximate surface area is 161 Å². The molecule has 1 heterocycles. The van der Waals surface area contributed by atoms with Gasteiger partial charge in [0.25, 0.3) is 5.69 Å². The van der Waals surface area contributed by atoms with E-state index in [0.717, 1.165) is 0 Å². The molecule has 146 valence electrons. The number of hydrogen-bond donors (Lipinski definition) is 1. The van der Waals surface area contributed by atoms with Gasteiger partial charge in [0.1, 0.15) is 11.5 Å². The maximum Gasteiger partial charge on any atom is 0.273 e. The highest BCUT2D eigenvalue weighted by molar-refractivity contribution is 6.04. The molecule has 0 spiro atoms. The summed E-state index contributed by atoms with van der Waals surface area (Å²) in [4.78, 5) is 36.9. The van der Waals surface area contributed by atoms with Crippen LogP contribution in [0.5, 0.6) is 11.5 Å². The molecule has 0 aromatic heterocycles. The molecule has 1 atom stereocenters. The van der Waals surface area contributed by atoms with Crippen LogP contribution in [-0.2, 0) is 9.59 Å². The third-order valence-electron chi connectivity index (χ3n) is 4.53. The fourth-order valence-electron chi connectivity index (χ4n) is 3.10. The molecule has 0 bridgehead atoms. The predicted molar refractivity (Wildman–Crippen MR) is 102 cm³/mol. The fraction of sp³-hybridized carbons (Fsp3) is 0.263. The lowest BCUT2D eigenvalue weighted by Crippen LogP contribution is -2.28. The van der Waals surface area contributed by atoms with Gasteiger partial charge in [-0.3, -0.25) is 19.7 Å². The van der Waals surface area contributed by atoms with Crippen molar-refractivity contribution in [3.05, 3.63) is 52.6 Å². The fourth-order valence-corrected chi connectivity index (χ4v) is 3.10. The van der Waals surface area contributed by atoms with Crippen LogP contribution >= 0.6 is 0 Å². The molecule has 1 fully saturated rings. The summed E-state index contributed by atoms with van der Waals surface area (Å²) in [5, 5.41) is 13.7. The van der Waals surface area contributed by atoms with Gasteiger partial charge in [-0.25, -0.2) is 0 Å². The molecule has 1 saturated heterocycles. The Bertz CT molecular complexity index is 930. The molecule has 0 radical (unpaired) electrons. The number of nitro groups is 1. The Morgan fingerprint density at radius 3 is 2.57 bits per heavy atom. The zero-order chi connectivity index (χ0) is 20.3. The van der Waals surface area contributed by atoms with Crippen LogP contribution in [0.1, 0.15) is 6.42 Å². The van der Waals surface area contributed by atoms with Crippen molar-refractivity contribution in [2.24, 2.45) is 5.92 Å². The molecule has 3 rings (SSSR count). The summed E-state index contributed by atoms with van der Waals surface area (Å²) in [6.07, 6.45) is 0.0289. The van der Waals surface area contributed by atoms with Crippen LogP contribution < -0.4 is 19.7 Å². The van der Waals surface area contributed by atoms with Gasteiger partial charge in [0.15, 0.2) is 0 Å². The van der Waals surface area contributed by atoms with Gasteiger partial charge in [0, 0.05) is 19.0 Å². The third-order valence-corrected chi connectivity index (χ3v) is 4.53. The molecule has 1 aliphatic rings. The van der Waals surface area contributed by atoms with E-state index in [1.54, 1.807) is 24.3 Å². The quantitative estimate of drug-likeness (QED) is 0.604. The second-order valence-electron chi connectivity index (χ2n) is 6.21. The first-order chi connectivity index (χ1) is 13.4. The smallest absolute Gasteiger partial charge is 0.273 e. The maximum absolute atomic E-state index is 12.6. The number of non-ortho nitro benzene ring substituents is 1. The minimum absolute atomic E-state index is 0.0289. The van der Waals surface area contributed by atoms with Crippen LogP contribution in [0.2, 0.25) is 0 Å². The summed E-state index contributed by atoms with van der Waals surface area (Å²) in [6, 6.07) is 11.0. The molecule has 2 amide bonds. The van der Waals surface area contributed by atoms with Crippen molar-refractivity contribution >= 4 is 28.9 Å². The number of carbonyl (C=O) groups excluding carboxylic acids is 2. The lowest BCUT2D eigenvalue weighted by atomic mass is 10.1. The van der Waals surface area contributed by atoms with Gasteiger partial charge in [-0.05, 0) is 18.2 Å². The predicted octanol–water partition coefficient (Wildman–Crippen LogP) is 2.60. The number of rotatable bonds is 6. The molecule has 0 aliphatic carbocycles. The minimum Gasteiger partial charge on any atom is -0.495 e. The highest BCUT2D eigenvalue weighted by atomic mass is 16.6. The highest BCUT2D eigenvalue weighted by Gasteiger charge is 2.36. The number of amides is 2. The topological polar surface area (TPSA) is 111 Å². The largest absolute Gasteiger partial charge is 0.495 e. The number of nitrogens with one attached hydrogen (secondary N) is 1. The summed E-state index contributed by atoms with van der Waals surface area (Å²) >= 11 is 0. The van der Waals surface area contributed by atoms with Crippen LogP contribution in [0.15, 0.2) is 42.5 Å². The van der Waals surface area contributed by atoms with Crippen molar-refractivity contribution in [3.8, 4) is 11.5 Å². The maximum atomic E-state index is 12.6. The van der Waals surface area contributed by atoms with Crippen LogP contribution in [0.4, 0.5) is 17.1 Å². The number of methoxy groups -OCH3 is 2. The lowest BCUT2D eigenvalue weighted by molar-refractivity contribution is -0.384. The number of nitro benzene ring substituents is 1. The zero-order valence-electron chi connectivity index (χ0n) is 15.4. The SMILES string of the molecule is COc1ccccc1NC(=O)[C@@H]1CC(=O)N(c2ccc([N+](=O)[O-])cc2OC)C1. The number of hydrogen-bond acceptors (Lipinski definition) is 6. The van der Waals surface area contributed by atoms with E-state index in [0.29, 0.717) is 17.1 Å². The van der Waals surface area contributed by atoms with Gasteiger partial charge in [0.05, 0.1) is 42.5 Å². The van der Waals surface area contributed by atoms with E-state index in [1.165, 1.54) is 37.3 Å². The van der Waals surface area contributed by atoms with Crippen LogP contribution in [0, 0.1) is 16.0 Å². The number of nitrogens with zero attached hydrogens (tertiary/aromatic N) is 2. The molecular weight excluding hydrogens is 366 g/mol. The van der Waals surface area contributed by atoms with E-state index >= 15 is 0 Å². The highest BCUT2D eigenvalue weighted by Crippen LogP contribution is 2.36. The van der Waals surface area contributed by atoms with Gasteiger partial charge in [-0.1, -0.05) is 12.1 Å². The van der Waals surface area contributed by atoms with Crippen molar-refractivity contribution in [2.75, 3.05) is 31.0 Å². The lowest BCUT2D eigenvalue weighted by Gasteiger charge is -2.19. The summed E-state index contributed by atoms with van der Waals surface area (Å²) < 4.78 is 10.4. The number of ether oxygens (including phenoxy) is 2. The summed E-state index contributed by atoms with van der Waals surface area (Å²) in [6.45, 7) is 0.147. The monoisotopic (exact) mass is 385 g/mol. The average molecular weight is 385 g/mol. The molecule has 2 aromatic carbocycles. The number of anilines is 2. The second kappa shape index (κ2) is 7.95. The summed E-state index contributed by atoms with van der Waals surface area (Å²) in [7, 11) is 2.88. The molecule has 9 nitrogen and oxygen atoms in total. The first-order valence-corrected chi connectivity index (χ1v) is 8.51. The van der Waals surface area contributed by atoms with E-state index < -0.39 is 10.8 Å². The molecule has 9 heteroatoms. The van der Waals surface area contributed by atoms with Gasteiger partial charge >= 0.3 is 0 Å². The molecule has 0 unspecified atom stereocenters. The van der Waals surface area contributed by atoms with Crippen molar-refractivity contribution in [1.29, 1.82) is 0 Å². The van der Waals surface area contributed by atoms with Gasteiger partial charge in [-0.15, -0.1) is 0 Å². The van der Waals surface area contributed by atoms with Crippen molar-refractivity contribution in [3.63, 3.8) is 0 Å². The second-order valence-corrected chi connectivity index (χ2v) is 6.21. The zero-order valence-corrected chi connectivity index (χ0v) is 15.4. The molecule has 28 heavy (non-hydrogen) atoms. The molecule has 2 aromatic rings. The van der Waals surface area contributed by atoms with Gasteiger partial charge in [0.2, 0.25) is 11.8 Å². The van der Waals surface area contributed by atoms with Crippen molar-refractivity contribution in [2.45, 2.75) is 6.42 Å². The van der Waals surface area contributed by atoms with E-state index in [1.807, 2.05) is 0 Å². The number of carbonyl (C=O) groups is 2. The first-order valence-electron chi connectivity index (χ1n) is 8.51. The Kier molecular flexibility index (Phi) is 5.44. The normalized spacial score (nSPS) is 16.0. The Morgan fingerprint density at radius 2 is 1.89 bits per heavy atom. The third kappa shape index (κ3) is 3.73. The Morgan fingerprint density at radius 1 is 1.18 bits per heavy atom. The first kappa shape index (κ1) is 19.2. The van der Waals surface area contributed by atoms with E-state index in [2.05, 4.69) is 5.32 Å². The van der Waals surface area contributed by atoms with E-state index in [4.69, 9.17) is 9.47 Å². The van der Waals surface area contributed by atoms with E-state index in [9.17, 15) is 19.7 Å². The standard InChI is InChI=1S/C19H19N3O6/c1-27-16-6-4-3-5-14(16)20-19(24)12-9-18(23)21(11-12)15-8-7-13(22(25)26)10-17(15)28-2/h3-8,10,12H,9,11H2,1-2H3,(H,20,24)/t12-/m1/s1. The average Bonchev–Trinajstić information content (AvgIpc) is 3.09. The van der Waals surface area contributed by atoms with Crippen LogP contribution in [-0.4, -0.2) is 37.5 Å². The minimum atomic E-state index is -0.572. The Hall–Kier alpha value is -3.62. The molecule has 1 aliphatic heterocycles. The van der Waals surface area contributed by atoms with Crippen LogP contribution in [0.25, 0.3) is 0 Å². The van der Waals surface area contributed by atoms with Gasteiger partial charge < -0.3 is 19.7 Å². The molecule has 1 N–H and O–H groups in total. The molecule has 0 saturated carbocycles. The summed E-state index contributed by atoms with van der Waals surface area (Å²) in [5.74, 6) is -0.409. The number of benzene rings is 2. The van der Waals surface area contributed by atoms with Crippen molar-refractivity contribution in [1.82, 2.24) is 0 Å². The molecular formula is C19H19N3O6. The van der Waals surface area contributed by atoms with E-state index in [-0.39, 0.29) is 36.2 Å². The van der Waals surface area contributed by atoms with Crippen LogP contribution in [0.3, 0.4) is 0 Å². The summed E-state index contributed by atoms with van der Waals surface area (Å²) in [5.41, 5.74) is 0.775. The number of para-hydroxylation sites is 2. The van der Waals surface area contributed by atoms with Gasteiger partial charge in [-0.2, -0.15) is 0 Å². The van der Waals surface area contributed by atoms with Crippen molar-refractivity contribution < 1.29 is 24.0 Å². The Balaban J connectivity index is 1.78.